The van der Waals surface area contributed by atoms with E-state index in [1.807, 2.05) is 0 Å². The van der Waals surface area contributed by atoms with Crippen LogP contribution in [0, 0.1) is 13.8 Å². The van der Waals surface area contributed by atoms with E-state index in [4.69, 9.17) is 0 Å². The highest BCUT2D eigenvalue weighted by atomic mass is 32.2. The topological polar surface area (TPSA) is 46.2 Å². The Morgan fingerprint density at radius 1 is 1.26 bits per heavy atom. The third-order valence-corrected chi connectivity index (χ3v) is 4.17. The van der Waals surface area contributed by atoms with Crippen LogP contribution in [0.2, 0.25) is 0 Å². The highest BCUT2D eigenvalue weighted by Gasteiger charge is 2.16. The molecule has 0 aromatic heterocycles. The summed E-state index contributed by atoms with van der Waals surface area (Å²) in [5.74, 6) is 0.195. The lowest BCUT2D eigenvalue weighted by Gasteiger charge is -2.19. The first kappa shape index (κ1) is 16.2. The number of nitrogens with one attached hydrogen (secondary N) is 1. The van der Waals surface area contributed by atoms with Crippen LogP contribution in [0.3, 0.4) is 0 Å². The first-order valence-corrected chi connectivity index (χ1v) is 8.85. The number of sulfone groups is 1. The van der Waals surface area contributed by atoms with Crippen molar-refractivity contribution in [1.29, 1.82) is 0 Å². The number of hydrogen-bond donors (Lipinski definition) is 1. The van der Waals surface area contributed by atoms with Gasteiger partial charge in [-0.05, 0) is 44.4 Å². The van der Waals surface area contributed by atoms with E-state index >= 15 is 0 Å². The lowest BCUT2D eigenvalue weighted by molar-refractivity contribution is 0.529. The quantitative estimate of drug-likeness (QED) is 0.835. The minimum atomic E-state index is -2.96. The summed E-state index contributed by atoms with van der Waals surface area (Å²) in [4.78, 5) is 0. The normalized spacial score (nSPS) is 13.5. The molecule has 0 aliphatic rings. The molecule has 108 valence electrons. The fourth-order valence-corrected chi connectivity index (χ4v) is 3.16. The van der Waals surface area contributed by atoms with E-state index in [2.05, 4.69) is 44.3 Å². The molecule has 0 amide bonds. The molecule has 1 aromatic carbocycles. The van der Waals surface area contributed by atoms with Gasteiger partial charge in [0.15, 0.2) is 0 Å². The maximum atomic E-state index is 11.5. The third kappa shape index (κ3) is 6.21. The van der Waals surface area contributed by atoms with Gasteiger partial charge in [-0.25, -0.2) is 8.42 Å². The SMILES string of the molecule is CCCNC(Cc1cc(C)ccc1C)CS(C)(=O)=O. The Bertz CT molecular complexity index is 509. The van der Waals surface area contributed by atoms with Crippen molar-refractivity contribution in [3.8, 4) is 0 Å². The molecule has 3 nitrogen and oxygen atoms in total. The Labute approximate surface area is 117 Å². The fraction of sp³-hybridized carbons (Fsp3) is 0.600. The molecule has 0 radical (unpaired) electrons. The van der Waals surface area contributed by atoms with Crippen LogP contribution in [-0.4, -0.2) is 33.0 Å². The van der Waals surface area contributed by atoms with Crippen LogP contribution in [0.25, 0.3) is 0 Å². The number of hydrogen-bond acceptors (Lipinski definition) is 3. The fourth-order valence-electron chi connectivity index (χ4n) is 2.19. The maximum Gasteiger partial charge on any atom is 0.148 e. The van der Waals surface area contributed by atoms with Crippen molar-refractivity contribution in [1.82, 2.24) is 5.32 Å². The van der Waals surface area contributed by atoms with Gasteiger partial charge in [-0.15, -0.1) is 0 Å². The van der Waals surface area contributed by atoms with Crippen LogP contribution in [0.4, 0.5) is 0 Å². The molecule has 19 heavy (non-hydrogen) atoms. The zero-order chi connectivity index (χ0) is 14.5. The van der Waals surface area contributed by atoms with Gasteiger partial charge in [-0.1, -0.05) is 30.7 Å². The molecule has 1 atom stereocenters. The second-order valence-electron chi connectivity index (χ2n) is 5.38. The van der Waals surface area contributed by atoms with Crippen molar-refractivity contribution in [2.45, 2.75) is 39.7 Å². The predicted molar refractivity (Wildman–Crippen MR) is 81.4 cm³/mol. The van der Waals surface area contributed by atoms with Gasteiger partial charge in [0.05, 0.1) is 5.75 Å². The molecule has 4 heteroatoms. The van der Waals surface area contributed by atoms with Crippen LogP contribution in [0.5, 0.6) is 0 Å². The Kier molecular flexibility index (Phi) is 6.01. The molecule has 0 heterocycles. The van der Waals surface area contributed by atoms with Gasteiger partial charge >= 0.3 is 0 Å². The van der Waals surface area contributed by atoms with Gasteiger partial charge in [-0.3, -0.25) is 0 Å². The smallest absolute Gasteiger partial charge is 0.148 e. The number of aryl methyl sites for hydroxylation is 2. The van der Waals surface area contributed by atoms with Crippen molar-refractivity contribution < 1.29 is 8.42 Å². The molecule has 1 unspecified atom stereocenters. The van der Waals surface area contributed by atoms with E-state index < -0.39 is 9.84 Å². The van der Waals surface area contributed by atoms with Crippen molar-refractivity contribution in [3.63, 3.8) is 0 Å². The van der Waals surface area contributed by atoms with Gasteiger partial charge in [0.2, 0.25) is 0 Å². The molecule has 0 fully saturated rings. The van der Waals surface area contributed by atoms with E-state index in [9.17, 15) is 8.42 Å². The Morgan fingerprint density at radius 3 is 2.53 bits per heavy atom. The van der Waals surface area contributed by atoms with Crippen molar-refractivity contribution in [2.75, 3.05) is 18.6 Å². The lowest BCUT2D eigenvalue weighted by Crippen LogP contribution is -2.37. The van der Waals surface area contributed by atoms with Crippen molar-refractivity contribution >= 4 is 9.84 Å². The van der Waals surface area contributed by atoms with E-state index in [-0.39, 0.29) is 11.8 Å². The van der Waals surface area contributed by atoms with Gasteiger partial charge in [-0.2, -0.15) is 0 Å². The minimum absolute atomic E-state index is 0.00421. The van der Waals surface area contributed by atoms with Gasteiger partial charge in [0.1, 0.15) is 9.84 Å². The molecular weight excluding hydrogens is 258 g/mol. The third-order valence-electron chi connectivity index (χ3n) is 3.16. The second kappa shape index (κ2) is 7.06. The summed E-state index contributed by atoms with van der Waals surface area (Å²) < 4.78 is 23.0. The average molecular weight is 283 g/mol. The molecule has 0 aliphatic heterocycles. The molecular formula is C15H25NO2S. The minimum Gasteiger partial charge on any atom is -0.313 e. The Balaban J connectivity index is 2.83. The predicted octanol–water partition coefficient (Wildman–Crippen LogP) is 2.26. The zero-order valence-electron chi connectivity index (χ0n) is 12.4. The molecule has 1 N–H and O–H groups in total. The zero-order valence-corrected chi connectivity index (χ0v) is 13.2. The number of benzene rings is 1. The van der Waals surface area contributed by atoms with E-state index in [1.54, 1.807) is 0 Å². The van der Waals surface area contributed by atoms with Crippen LogP contribution in [0.1, 0.15) is 30.0 Å². The van der Waals surface area contributed by atoms with E-state index in [0.29, 0.717) is 0 Å². The van der Waals surface area contributed by atoms with Crippen LogP contribution < -0.4 is 5.32 Å². The molecule has 0 saturated carbocycles. The summed E-state index contributed by atoms with van der Waals surface area (Å²) in [5.41, 5.74) is 3.67. The monoisotopic (exact) mass is 283 g/mol. The highest BCUT2D eigenvalue weighted by Crippen LogP contribution is 2.13. The van der Waals surface area contributed by atoms with E-state index in [1.165, 1.54) is 22.9 Å². The first-order valence-electron chi connectivity index (χ1n) is 6.79. The summed E-state index contributed by atoms with van der Waals surface area (Å²) in [6.45, 7) is 7.08. The maximum absolute atomic E-state index is 11.5. The van der Waals surface area contributed by atoms with Gasteiger partial charge < -0.3 is 5.32 Å². The van der Waals surface area contributed by atoms with Gasteiger partial charge in [0.25, 0.3) is 0 Å². The van der Waals surface area contributed by atoms with Gasteiger partial charge in [0, 0.05) is 12.3 Å². The van der Waals surface area contributed by atoms with Crippen molar-refractivity contribution in [3.05, 3.63) is 34.9 Å². The summed E-state index contributed by atoms with van der Waals surface area (Å²) >= 11 is 0. The number of rotatable bonds is 7. The standard InChI is InChI=1S/C15H25NO2S/c1-5-8-16-15(11-19(4,17)18)10-14-9-12(2)6-7-13(14)3/h6-7,9,15-16H,5,8,10-11H2,1-4H3. The summed E-state index contributed by atoms with van der Waals surface area (Å²) in [6.07, 6.45) is 3.07. The summed E-state index contributed by atoms with van der Waals surface area (Å²) in [7, 11) is -2.96. The molecule has 0 aliphatic carbocycles. The van der Waals surface area contributed by atoms with Crippen LogP contribution in [0.15, 0.2) is 18.2 Å². The highest BCUT2D eigenvalue weighted by molar-refractivity contribution is 7.90. The summed E-state index contributed by atoms with van der Waals surface area (Å²) in [6, 6.07) is 6.33. The first-order chi connectivity index (χ1) is 8.81. The Hall–Kier alpha value is -0.870. The molecule has 0 spiro atoms. The summed E-state index contributed by atoms with van der Waals surface area (Å²) in [5, 5.41) is 3.34. The average Bonchev–Trinajstić information content (AvgIpc) is 2.29. The molecule has 0 saturated heterocycles. The second-order valence-corrected chi connectivity index (χ2v) is 7.56. The van der Waals surface area contributed by atoms with E-state index in [0.717, 1.165) is 19.4 Å². The van der Waals surface area contributed by atoms with Crippen LogP contribution >= 0.6 is 0 Å². The largest absolute Gasteiger partial charge is 0.313 e. The molecule has 1 aromatic rings. The van der Waals surface area contributed by atoms with Crippen LogP contribution in [-0.2, 0) is 16.3 Å². The Morgan fingerprint density at radius 2 is 1.95 bits per heavy atom. The molecule has 0 bridgehead atoms. The molecule has 1 rings (SSSR count). The van der Waals surface area contributed by atoms with Crippen molar-refractivity contribution in [2.24, 2.45) is 0 Å². The lowest BCUT2D eigenvalue weighted by atomic mass is 9.99.